The summed E-state index contributed by atoms with van der Waals surface area (Å²) in [4.78, 5) is 9.65. The molecule has 0 radical (unpaired) electrons. The summed E-state index contributed by atoms with van der Waals surface area (Å²) < 4.78 is 21.1. The van der Waals surface area contributed by atoms with Gasteiger partial charge in [0.25, 0.3) is 0 Å². The molecular weight excluding hydrogens is 225 g/mol. The quantitative estimate of drug-likeness (QED) is 0.409. The summed E-state index contributed by atoms with van der Waals surface area (Å²) in [6.45, 7) is 0.848. The van der Waals surface area contributed by atoms with Gasteiger partial charge in [0.1, 0.15) is 0 Å². The third kappa shape index (κ3) is 3.24. The Balaban J connectivity index is 5.06. The highest BCUT2D eigenvalue weighted by Gasteiger charge is 2.52. The Morgan fingerprint density at radius 2 is 1.93 bits per heavy atom. The maximum atomic E-state index is 11.9. The molecule has 0 aromatic carbocycles. The average molecular weight is 241 g/mol. The Morgan fingerprint density at radius 1 is 1.47 bits per heavy atom. The van der Waals surface area contributed by atoms with Crippen LogP contribution in [0.15, 0.2) is 0 Å². The predicted molar refractivity (Wildman–Crippen MR) is 53.3 cm³/mol. The van der Waals surface area contributed by atoms with Crippen molar-refractivity contribution in [1.29, 1.82) is 0 Å². The van der Waals surface area contributed by atoms with Crippen molar-refractivity contribution in [2.75, 3.05) is 20.8 Å². The van der Waals surface area contributed by atoms with Crippen molar-refractivity contribution >= 4 is 7.60 Å². The number of hydrogen-bond acceptors (Lipinski definition) is 6. The van der Waals surface area contributed by atoms with Gasteiger partial charge in [0.2, 0.25) is 11.9 Å². The average Bonchev–Trinajstić information content (AvgIpc) is 2.15. The molecule has 0 fully saturated rings. The van der Waals surface area contributed by atoms with Gasteiger partial charge >= 0.3 is 7.60 Å². The molecule has 7 nitrogen and oxygen atoms in total. The van der Waals surface area contributed by atoms with Gasteiger partial charge in [-0.25, -0.2) is 0 Å². The lowest BCUT2D eigenvalue weighted by Crippen LogP contribution is -2.37. The molecule has 0 bridgehead atoms. The van der Waals surface area contributed by atoms with Crippen LogP contribution in [0.2, 0.25) is 0 Å². The van der Waals surface area contributed by atoms with Crippen molar-refractivity contribution in [3.05, 3.63) is 10.1 Å². The first kappa shape index (κ1) is 14.5. The van der Waals surface area contributed by atoms with Gasteiger partial charge in [0, 0.05) is 19.1 Å². The van der Waals surface area contributed by atoms with E-state index in [1.807, 2.05) is 0 Å². The monoisotopic (exact) mass is 241 g/mol. The van der Waals surface area contributed by atoms with Crippen LogP contribution in [-0.4, -0.2) is 36.1 Å². The van der Waals surface area contributed by atoms with E-state index < -0.39 is 24.4 Å². The van der Waals surface area contributed by atoms with E-state index in [0.29, 0.717) is 6.42 Å². The normalized spacial score (nSPS) is 16.0. The first-order valence-corrected chi connectivity index (χ1v) is 5.95. The third-order valence-corrected chi connectivity index (χ3v) is 4.37. The molecule has 0 spiro atoms. The minimum Gasteiger partial charge on any atom is -0.372 e. The second-order valence-corrected chi connectivity index (χ2v) is 5.64. The maximum Gasteiger partial charge on any atom is 0.368 e. The number of nitrogens with zero attached hydrogens (tertiary/aromatic N) is 1. The maximum absolute atomic E-state index is 11.9. The van der Waals surface area contributed by atoms with E-state index in [-0.39, 0.29) is 6.42 Å². The molecule has 0 heterocycles. The van der Waals surface area contributed by atoms with E-state index in [1.165, 1.54) is 0 Å². The first-order chi connectivity index (χ1) is 6.85. The lowest BCUT2D eigenvalue weighted by atomic mass is 10.2. The van der Waals surface area contributed by atoms with Crippen LogP contribution in [0.1, 0.15) is 19.8 Å². The van der Waals surface area contributed by atoms with Crippen molar-refractivity contribution < 1.29 is 23.6 Å². The van der Waals surface area contributed by atoms with Crippen LogP contribution in [-0.2, 0) is 13.6 Å². The minimum absolute atomic E-state index is 0.0209. The Morgan fingerprint density at radius 3 is 2.20 bits per heavy atom. The molecule has 0 aliphatic heterocycles. The van der Waals surface area contributed by atoms with Gasteiger partial charge in [0.15, 0.2) is 0 Å². The van der Waals surface area contributed by atoms with Crippen molar-refractivity contribution in [2.24, 2.45) is 0 Å². The van der Waals surface area contributed by atoms with Gasteiger partial charge in [-0.05, 0) is 6.42 Å². The van der Waals surface area contributed by atoms with Crippen molar-refractivity contribution in [1.82, 2.24) is 0 Å². The molecule has 15 heavy (non-hydrogen) atoms. The zero-order valence-corrected chi connectivity index (χ0v) is 9.90. The smallest absolute Gasteiger partial charge is 0.368 e. The topological polar surface area (TPSA) is 98.9 Å². The van der Waals surface area contributed by atoms with Gasteiger partial charge < -0.3 is 14.2 Å². The van der Waals surface area contributed by atoms with E-state index in [2.05, 4.69) is 9.05 Å². The first-order valence-electron chi connectivity index (χ1n) is 4.41. The highest BCUT2D eigenvalue weighted by Crippen LogP contribution is 2.59. The molecular formula is C7H16NO6P. The standard InChI is InChI=1S/C7H16NO6P/c1-4-5-7(9,6-8(10)11)15(12,13-2)14-3/h9H,4-6H2,1-3H3. The zero-order valence-electron chi connectivity index (χ0n) is 9.00. The molecule has 0 rings (SSSR count). The van der Waals surface area contributed by atoms with E-state index >= 15 is 0 Å². The summed E-state index contributed by atoms with van der Waals surface area (Å²) in [6.07, 6.45) is 0.411. The summed E-state index contributed by atoms with van der Waals surface area (Å²) in [5, 5.41) is 18.3. The van der Waals surface area contributed by atoms with Gasteiger partial charge in [-0.3, -0.25) is 14.7 Å². The highest BCUT2D eigenvalue weighted by molar-refractivity contribution is 7.55. The van der Waals surface area contributed by atoms with E-state index in [0.717, 1.165) is 14.2 Å². The molecule has 1 unspecified atom stereocenters. The van der Waals surface area contributed by atoms with E-state index in [9.17, 15) is 19.8 Å². The highest BCUT2D eigenvalue weighted by atomic mass is 31.2. The van der Waals surface area contributed by atoms with Crippen LogP contribution < -0.4 is 0 Å². The van der Waals surface area contributed by atoms with Gasteiger partial charge in [-0.15, -0.1) is 0 Å². The molecule has 0 saturated heterocycles. The fourth-order valence-corrected chi connectivity index (χ4v) is 2.94. The minimum atomic E-state index is -3.86. The number of aliphatic hydroxyl groups is 1. The molecule has 0 aliphatic rings. The predicted octanol–water partition coefficient (Wildman–Crippen LogP) is 1.24. The van der Waals surface area contributed by atoms with Crippen LogP contribution in [0.25, 0.3) is 0 Å². The largest absolute Gasteiger partial charge is 0.372 e. The molecule has 1 N–H and O–H groups in total. The fraction of sp³-hybridized carbons (Fsp3) is 1.00. The van der Waals surface area contributed by atoms with Crippen LogP contribution in [0, 0.1) is 10.1 Å². The van der Waals surface area contributed by atoms with Gasteiger partial charge in [-0.2, -0.15) is 0 Å². The summed E-state index contributed by atoms with van der Waals surface area (Å²) in [7, 11) is -1.68. The van der Waals surface area contributed by atoms with Crippen molar-refractivity contribution in [3.8, 4) is 0 Å². The molecule has 0 saturated carbocycles. The lowest BCUT2D eigenvalue weighted by Gasteiger charge is -2.29. The molecule has 1 atom stereocenters. The molecule has 8 heteroatoms. The summed E-state index contributed by atoms with van der Waals surface area (Å²) in [5.41, 5.74) is 0. The molecule has 0 amide bonds. The number of nitro groups is 1. The zero-order chi connectivity index (χ0) is 12.1. The molecule has 0 aromatic rings. The number of hydrogen-bond donors (Lipinski definition) is 1. The van der Waals surface area contributed by atoms with Gasteiger partial charge in [0.05, 0.1) is 0 Å². The lowest BCUT2D eigenvalue weighted by molar-refractivity contribution is -0.495. The van der Waals surface area contributed by atoms with Crippen LogP contribution >= 0.6 is 7.60 Å². The fourth-order valence-electron chi connectivity index (χ4n) is 1.32. The second-order valence-electron chi connectivity index (χ2n) is 3.09. The van der Waals surface area contributed by atoms with Crippen molar-refractivity contribution in [3.63, 3.8) is 0 Å². The summed E-state index contributed by atoms with van der Waals surface area (Å²) in [5.74, 6) is 0. The molecule has 0 aliphatic carbocycles. The Hall–Kier alpha value is -0.490. The molecule has 90 valence electrons. The van der Waals surface area contributed by atoms with Crippen LogP contribution in [0.5, 0.6) is 0 Å². The van der Waals surface area contributed by atoms with Gasteiger partial charge in [-0.1, -0.05) is 13.3 Å². The second kappa shape index (κ2) is 5.55. The summed E-state index contributed by atoms with van der Waals surface area (Å²) >= 11 is 0. The van der Waals surface area contributed by atoms with E-state index in [4.69, 9.17) is 0 Å². The Labute approximate surface area is 88.1 Å². The van der Waals surface area contributed by atoms with Crippen molar-refractivity contribution in [2.45, 2.75) is 25.1 Å². The SMILES string of the molecule is CCCC(O)(C[N+](=O)[O-])P(=O)(OC)OC. The van der Waals surface area contributed by atoms with Crippen LogP contribution in [0.3, 0.4) is 0 Å². The van der Waals surface area contributed by atoms with Crippen LogP contribution in [0.4, 0.5) is 0 Å². The summed E-state index contributed by atoms with van der Waals surface area (Å²) in [6, 6.07) is 0. The van der Waals surface area contributed by atoms with E-state index in [1.54, 1.807) is 6.92 Å². The Bertz CT molecular complexity index is 262. The number of rotatable bonds is 7. The molecule has 0 aromatic heterocycles. The Kier molecular flexibility index (Phi) is 5.37. The third-order valence-electron chi connectivity index (χ3n) is 2.02.